The maximum Gasteiger partial charge on any atom is 0.298 e. The first-order chi connectivity index (χ1) is 13.2. The van der Waals surface area contributed by atoms with Crippen molar-refractivity contribution < 1.29 is 23.0 Å². The SMILES string of the molecule is CCc1cc([N+](=O)[O-])ccc1N=Nc1c(O)c(S(=O)(=O)O)cc2ccccc12. The summed E-state index contributed by atoms with van der Waals surface area (Å²) in [5.41, 5.74) is 0.685. The van der Waals surface area contributed by atoms with E-state index in [0.717, 1.165) is 6.07 Å². The van der Waals surface area contributed by atoms with E-state index in [2.05, 4.69) is 10.2 Å². The molecule has 0 aliphatic rings. The second-order valence-electron chi connectivity index (χ2n) is 5.89. The molecule has 0 saturated heterocycles. The summed E-state index contributed by atoms with van der Waals surface area (Å²) >= 11 is 0. The Morgan fingerprint density at radius 2 is 1.82 bits per heavy atom. The second kappa shape index (κ2) is 7.33. The van der Waals surface area contributed by atoms with Crippen molar-refractivity contribution in [2.24, 2.45) is 10.2 Å². The largest absolute Gasteiger partial charge is 0.504 e. The number of benzene rings is 3. The molecule has 0 aliphatic carbocycles. The monoisotopic (exact) mass is 401 g/mol. The van der Waals surface area contributed by atoms with Gasteiger partial charge in [-0.25, -0.2) is 0 Å². The number of hydrogen-bond acceptors (Lipinski definition) is 7. The molecular weight excluding hydrogens is 386 g/mol. The Balaban J connectivity index is 2.20. The van der Waals surface area contributed by atoms with Crippen LogP contribution in [0.1, 0.15) is 12.5 Å². The van der Waals surface area contributed by atoms with Crippen LogP contribution in [-0.2, 0) is 16.5 Å². The van der Waals surface area contributed by atoms with E-state index in [1.165, 1.54) is 18.2 Å². The van der Waals surface area contributed by atoms with Gasteiger partial charge in [0.2, 0.25) is 0 Å². The van der Waals surface area contributed by atoms with Crippen molar-refractivity contribution in [1.29, 1.82) is 0 Å². The summed E-state index contributed by atoms with van der Waals surface area (Å²) in [6, 6.07) is 11.8. The number of fused-ring (bicyclic) bond motifs is 1. The quantitative estimate of drug-likeness (QED) is 0.275. The number of non-ortho nitro benzene ring substituents is 1. The number of phenolic OH excluding ortho intramolecular Hbond substituents is 1. The first kappa shape index (κ1) is 19.4. The third-order valence-corrected chi connectivity index (χ3v) is 5.02. The van der Waals surface area contributed by atoms with Gasteiger partial charge in [-0.2, -0.15) is 13.5 Å². The van der Waals surface area contributed by atoms with E-state index in [4.69, 9.17) is 0 Å². The van der Waals surface area contributed by atoms with Crippen LogP contribution in [0, 0.1) is 10.1 Å². The van der Waals surface area contributed by atoms with Crippen LogP contribution < -0.4 is 0 Å². The maximum atomic E-state index is 11.6. The van der Waals surface area contributed by atoms with Crippen LogP contribution in [0.4, 0.5) is 17.1 Å². The van der Waals surface area contributed by atoms with E-state index >= 15 is 0 Å². The highest BCUT2D eigenvalue weighted by Crippen LogP contribution is 2.41. The molecule has 9 nitrogen and oxygen atoms in total. The van der Waals surface area contributed by atoms with Gasteiger partial charge in [0.05, 0.1) is 10.6 Å². The second-order valence-corrected chi connectivity index (χ2v) is 7.28. The molecule has 0 fully saturated rings. The Kier molecular flexibility index (Phi) is 5.08. The van der Waals surface area contributed by atoms with Gasteiger partial charge in [0, 0.05) is 17.5 Å². The van der Waals surface area contributed by atoms with Crippen LogP contribution in [-0.4, -0.2) is 23.0 Å². The Bertz CT molecular complexity index is 1220. The van der Waals surface area contributed by atoms with E-state index in [-0.39, 0.29) is 11.4 Å². The molecule has 10 heteroatoms. The summed E-state index contributed by atoms with van der Waals surface area (Å²) < 4.78 is 32.5. The van der Waals surface area contributed by atoms with Crippen molar-refractivity contribution in [1.82, 2.24) is 0 Å². The zero-order chi connectivity index (χ0) is 20.5. The number of nitrogens with zero attached hydrogens (tertiary/aromatic N) is 3. The topological polar surface area (TPSA) is 142 Å². The number of nitro groups is 1. The van der Waals surface area contributed by atoms with Gasteiger partial charge in [-0.3, -0.25) is 14.7 Å². The lowest BCUT2D eigenvalue weighted by atomic mass is 10.1. The average molecular weight is 401 g/mol. The minimum absolute atomic E-state index is 0.0857. The van der Waals surface area contributed by atoms with Crippen molar-refractivity contribution in [3.05, 3.63) is 64.2 Å². The van der Waals surface area contributed by atoms with Gasteiger partial charge in [-0.15, -0.1) is 5.11 Å². The molecule has 0 heterocycles. The van der Waals surface area contributed by atoms with Crippen LogP contribution in [0.2, 0.25) is 0 Å². The van der Waals surface area contributed by atoms with Gasteiger partial charge >= 0.3 is 0 Å². The summed E-state index contributed by atoms with van der Waals surface area (Å²) in [6.07, 6.45) is 0.452. The Labute approximate surface area is 159 Å². The molecule has 0 saturated carbocycles. The fourth-order valence-corrected chi connectivity index (χ4v) is 3.38. The Hall–Kier alpha value is -3.37. The Morgan fingerprint density at radius 1 is 1.11 bits per heavy atom. The van der Waals surface area contributed by atoms with Crippen LogP contribution in [0.3, 0.4) is 0 Å². The smallest absolute Gasteiger partial charge is 0.298 e. The summed E-state index contributed by atoms with van der Waals surface area (Å²) in [5, 5.41) is 30.2. The number of azo groups is 1. The Morgan fingerprint density at radius 3 is 2.46 bits per heavy atom. The van der Waals surface area contributed by atoms with Crippen LogP contribution in [0.15, 0.2) is 63.7 Å². The third-order valence-electron chi connectivity index (χ3n) is 4.15. The van der Waals surface area contributed by atoms with Gasteiger partial charge in [0.1, 0.15) is 10.6 Å². The zero-order valence-corrected chi connectivity index (χ0v) is 15.4. The molecule has 3 rings (SSSR count). The lowest BCUT2D eigenvalue weighted by molar-refractivity contribution is -0.384. The molecule has 0 unspecified atom stereocenters. The van der Waals surface area contributed by atoms with Gasteiger partial charge in [0.25, 0.3) is 15.8 Å². The molecule has 0 bridgehead atoms. The van der Waals surface area contributed by atoms with Crippen LogP contribution >= 0.6 is 0 Å². The first-order valence-corrected chi connectivity index (χ1v) is 9.57. The highest BCUT2D eigenvalue weighted by Gasteiger charge is 2.21. The molecular formula is C18H15N3O6S. The van der Waals surface area contributed by atoms with Gasteiger partial charge in [-0.1, -0.05) is 31.2 Å². The fraction of sp³-hybridized carbons (Fsp3) is 0.111. The van der Waals surface area contributed by atoms with Crippen LogP contribution in [0.25, 0.3) is 10.8 Å². The number of rotatable bonds is 5. The van der Waals surface area contributed by atoms with Crippen molar-refractivity contribution >= 4 is 38.0 Å². The highest BCUT2D eigenvalue weighted by molar-refractivity contribution is 7.86. The molecule has 0 atom stereocenters. The summed E-state index contributed by atoms with van der Waals surface area (Å²) in [5.74, 6) is -0.732. The molecule has 3 aromatic rings. The van der Waals surface area contributed by atoms with Crippen molar-refractivity contribution in [3.8, 4) is 5.75 Å². The molecule has 3 aromatic carbocycles. The molecule has 0 aliphatic heterocycles. The zero-order valence-electron chi connectivity index (χ0n) is 14.6. The number of aromatic hydroxyl groups is 1. The minimum Gasteiger partial charge on any atom is -0.504 e. The van der Waals surface area contributed by atoms with Crippen molar-refractivity contribution in [2.45, 2.75) is 18.2 Å². The van der Waals surface area contributed by atoms with Gasteiger partial charge < -0.3 is 5.11 Å². The molecule has 28 heavy (non-hydrogen) atoms. The number of aryl methyl sites for hydroxylation is 1. The molecule has 0 spiro atoms. The minimum atomic E-state index is -4.69. The molecule has 2 N–H and O–H groups in total. The van der Waals surface area contributed by atoms with E-state index in [1.807, 2.05) is 0 Å². The van der Waals surface area contributed by atoms with Crippen LogP contribution in [0.5, 0.6) is 5.75 Å². The summed E-state index contributed by atoms with van der Waals surface area (Å²) in [7, 11) is -4.69. The maximum absolute atomic E-state index is 11.6. The number of nitro benzene ring substituents is 1. The summed E-state index contributed by atoms with van der Waals surface area (Å²) in [4.78, 5) is 9.72. The highest BCUT2D eigenvalue weighted by atomic mass is 32.2. The van der Waals surface area contributed by atoms with E-state index < -0.39 is 25.7 Å². The van der Waals surface area contributed by atoms with Crippen molar-refractivity contribution in [2.75, 3.05) is 0 Å². The number of hydrogen-bond donors (Lipinski definition) is 2. The lowest BCUT2D eigenvalue weighted by Crippen LogP contribution is -1.98. The standard InChI is InChI=1S/C18H15N3O6S/c1-2-11-9-13(21(23)24)7-8-15(11)19-20-17-14-6-4-3-5-12(14)10-16(18(17)22)28(25,26)27/h3-10,22H,2H2,1H3,(H,25,26,27). The first-order valence-electron chi connectivity index (χ1n) is 8.13. The predicted octanol–water partition coefficient (Wildman–Crippen LogP) is 4.68. The number of phenols is 1. The average Bonchev–Trinajstić information content (AvgIpc) is 2.65. The molecule has 0 aromatic heterocycles. The fourth-order valence-electron chi connectivity index (χ4n) is 2.76. The predicted molar refractivity (Wildman–Crippen MR) is 102 cm³/mol. The normalized spacial score (nSPS) is 11.9. The molecule has 0 amide bonds. The van der Waals surface area contributed by atoms with Crippen molar-refractivity contribution in [3.63, 3.8) is 0 Å². The summed E-state index contributed by atoms with van der Waals surface area (Å²) in [6.45, 7) is 1.80. The third kappa shape index (κ3) is 3.68. The lowest BCUT2D eigenvalue weighted by Gasteiger charge is -2.08. The van der Waals surface area contributed by atoms with Gasteiger partial charge in [0.15, 0.2) is 5.75 Å². The van der Waals surface area contributed by atoms with E-state index in [1.54, 1.807) is 31.2 Å². The molecule has 144 valence electrons. The van der Waals surface area contributed by atoms with Gasteiger partial charge in [-0.05, 0) is 29.5 Å². The van der Waals surface area contributed by atoms with E-state index in [9.17, 15) is 28.2 Å². The van der Waals surface area contributed by atoms with E-state index in [0.29, 0.717) is 28.4 Å². The molecule has 0 radical (unpaired) electrons.